The van der Waals surface area contributed by atoms with E-state index in [9.17, 15) is 0 Å². The zero-order chi connectivity index (χ0) is 13.9. The van der Waals surface area contributed by atoms with E-state index in [1.54, 1.807) is 4.52 Å². The van der Waals surface area contributed by atoms with Crippen molar-refractivity contribution in [3.05, 3.63) is 43.1 Å². The summed E-state index contributed by atoms with van der Waals surface area (Å²) < 4.78 is 5.99. The standard InChI is InChI=1S/C14H19N6.ClH/c1-18-9-10-19(11-18)7-4-6-16-14-13(15)12-5-2-3-8-20(12)17-14;/h2-3,5,8-11H,4,6-7,15H2,1H3,(H,16,17);1H/q+1;/p-1. The van der Waals surface area contributed by atoms with Crippen molar-refractivity contribution in [1.82, 2.24) is 14.2 Å². The van der Waals surface area contributed by atoms with Gasteiger partial charge in [0.05, 0.1) is 19.1 Å². The first-order chi connectivity index (χ1) is 9.74. The van der Waals surface area contributed by atoms with Crippen LogP contribution in [0.15, 0.2) is 43.1 Å². The van der Waals surface area contributed by atoms with Crippen LogP contribution in [0.2, 0.25) is 0 Å². The van der Waals surface area contributed by atoms with Gasteiger partial charge in [0.25, 0.3) is 0 Å². The third-order valence-electron chi connectivity index (χ3n) is 3.29. The van der Waals surface area contributed by atoms with Crippen LogP contribution in [0.4, 0.5) is 11.5 Å². The Kier molecular flexibility index (Phi) is 4.70. The topological polar surface area (TPSA) is 64.2 Å². The molecule has 3 heterocycles. The number of halogens is 1. The summed E-state index contributed by atoms with van der Waals surface area (Å²) in [4.78, 5) is 0. The van der Waals surface area contributed by atoms with E-state index in [-0.39, 0.29) is 12.4 Å². The Balaban J connectivity index is 0.00000161. The largest absolute Gasteiger partial charge is 1.00 e. The second-order valence-corrected chi connectivity index (χ2v) is 4.89. The molecule has 21 heavy (non-hydrogen) atoms. The summed E-state index contributed by atoms with van der Waals surface area (Å²) in [5.74, 6) is 0.759. The van der Waals surface area contributed by atoms with Crippen molar-refractivity contribution >= 4 is 17.0 Å². The molecule has 0 saturated heterocycles. The molecule has 0 amide bonds. The van der Waals surface area contributed by atoms with Gasteiger partial charge in [0, 0.05) is 19.2 Å². The number of nitrogens with zero attached hydrogens (tertiary/aromatic N) is 4. The molecule has 0 aliphatic heterocycles. The van der Waals surface area contributed by atoms with E-state index in [1.807, 2.05) is 42.2 Å². The predicted molar refractivity (Wildman–Crippen MR) is 78.3 cm³/mol. The molecule has 0 aromatic carbocycles. The predicted octanol–water partition coefficient (Wildman–Crippen LogP) is -1.95. The highest BCUT2D eigenvalue weighted by Gasteiger charge is 2.08. The smallest absolute Gasteiger partial charge is 0.243 e. The van der Waals surface area contributed by atoms with Crippen LogP contribution in [0.5, 0.6) is 0 Å². The van der Waals surface area contributed by atoms with Crippen molar-refractivity contribution in [2.45, 2.75) is 13.0 Å². The molecule has 6 nitrogen and oxygen atoms in total. The van der Waals surface area contributed by atoms with Crippen molar-refractivity contribution < 1.29 is 17.0 Å². The number of nitrogen functional groups attached to an aromatic ring is 1. The fourth-order valence-electron chi connectivity index (χ4n) is 2.25. The summed E-state index contributed by atoms with van der Waals surface area (Å²) in [7, 11) is 2.02. The van der Waals surface area contributed by atoms with Crippen molar-refractivity contribution in [3.8, 4) is 0 Å². The minimum atomic E-state index is 0. The van der Waals surface area contributed by atoms with Crippen LogP contribution < -0.4 is 28.0 Å². The molecule has 0 atom stereocenters. The SMILES string of the molecule is C[n+]1ccn(CCCNc2nn3ccccc3c2N)c1.[Cl-]. The fourth-order valence-corrected chi connectivity index (χ4v) is 2.25. The minimum Gasteiger partial charge on any atom is -1.00 e. The molecule has 7 heteroatoms. The number of rotatable bonds is 5. The number of anilines is 2. The molecule has 3 aromatic heterocycles. The van der Waals surface area contributed by atoms with E-state index in [0.717, 1.165) is 30.8 Å². The normalized spacial score (nSPS) is 10.5. The number of aromatic nitrogens is 4. The van der Waals surface area contributed by atoms with Crippen LogP contribution in [0.25, 0.3) is 5.52 Å². The van der Waals surface area contributed by atoms with Crippen LogP contribution in [0.3, 0.4) is 0 Å². The van der Waals surface area contributed by atoms with Crippen molar-refractivity contribution in [1.29, 1.82) is 0 Å². The summed E-state index contributed by atoms with van der Waals surface area (Å²) in [6, 6.07) is 5.87. The summed E-state index contributed by atoms with van der Waals surface area (Å²) in [5, 5.41) is 7.73. The lowest BCUT2D eigenvalue weighted by molar-refractivity contribution is -0.671. The van der Waals surface area contributed by atoms with E-state index in [2.05, 4.69) is 27.5 Å². The zero-order valence-corrected chi connectivity index (χ0v) is 12.7. The van der Waals surface area contributed by atoms with E-state index < -0.39 is 0 Å². The molecule has 0 fully saturated rings. The lowest BCUT2D eigenvalue weighted by Crippen LogP contribution is -3.00. The minimum absolute atomic E-state index is 0. The van der Waals surface area contributed by atoms with Gasteiger partial charge in [-0.15, -0.1) is 5.10 Å². The molecule has 112 valence electrons. The van der Waals surface area contributed by atoms with Gasteiger partial charge < -0.3 is 23.5 Å². The quantitative estimate of drug-likeness (QED) is 0.425. The highest BCUT2D eigenvalue weighted by atomic mass is 35.5. The summed E-state index contributed by atoms with van der Waals surface area (Å²) in [5.41, 5.74) is 7.73. The van der Waals surface area contributed by atoms with Gasteiger partial charge in [-0.1, -0.05) is 6.07 Å². The average molecular weight is 307 g/mol. The first kappa shape index (κ1) is 15.2. The number of fused-ring (bicyclic) bond motifs is 1. The molecule has 3 N–H and O–H groups in total. The third kappa shape index (κ3) is 3.28. The fraction of sp³-hybridized carbons (Fsp3) is 0.286. The van der Waals surface area contributed by atoms with Crippen LogP contribution in [0, 0.1) is 0 Å². The van der Waals surface area contributed by atoms with Crippen molar-refractivity contribution in [2.75, 3.05) is 17.6 Å². The van der Waals surface area contributed by atoms with Crippen molar-refractivity contribution in [3.63, 3.8) is 0 Å². The molecule has 3 rings (SSSR count). The Bertz CT molecular complexity index is 717. The molecule has 0 spiro atoms. The molecule has 0 aliphatic rings. The van der Waals surface area contributed by atoms with Gasteiger partial charge in [-0.25, -0.2) is 13.6 Å². The lowest BCUT2D eigenvalue weighted by atomic mass is 10.3. The number of aryl methyl sites for hydroxylation is 2. The van der Waals surface area contributed by atoms with Gasteiger partial charge in [-0.3, -0.25) is 0 Å². The molecule has 0 aliphatic carbocycles. The number of imidazole rings is 1. The summed E-state index contributed by atoms with van der Waals surface area (Å²) in [6.45, 7) is 1.82. The monoisotopic (exact) mass is 306 g/mol. The van der Waals surface area contributed by atoms with Crippen molar-refractivity contribution in [2.24, 2.45) is 7.05 Å². The van der Waals surface area contributed by atoms with E-state index in [0.29, 0.717) is 5.69 Å². The molecular weight excluding hydrogens is 288 g/mol. The second-order valence-electron chi connectivity index (χ2n) is 4.89. The maximum Gasteiger partial charge on any atom is 0.243 e. The maximum absolute atomic E-state index is 6.08. The van der Waals surface area contributed by atoms with Crippen LogP contribution in [0.1, 0.15) is 6.42 Å². The molecule has 0 radical (unpaired) electrons. The van der Waals surface area contributed by atoms with Gasteiger partial charge in [-0.05, 0) is 12.1 Å². The number of nitrogens with one attached hydrogen (secondary N) is 1. The van der Waals surface area contributed by atoms with Crippen LogP contribution >= 0.6 is 0 Å². The maximum atomic E-state index is 6.08. The zero-order valence-electron chi connectivity index (χ0n) is 11.9. The van der Waals surface area contributed by atoms with Gasteiger partial charge in [0.2, 0.25) is 6.33 Å². The summed E-state index contributed by atoms with van der Waals surface area (Å²) in [6.07, 6.45) is 9.09. The Labute approximate surface area is 129 Å². The van der Waals surface area contributed by atoms with Gasteiger partial charge in [0.1, 0.15) is 18.1 Å². The molecular formula is C14H19ClN6. The Hall–Kier alpha value is -2.21. The third-order valence-corrected chi connectivity index (χ3v) is 3.29. The Morgan fingerprint density at radius 2 is 2.19 bits per heavy atom. The first-order valence-electron chi connectivity index (χ1n) is 6.72. The number of pyridine rings is 1. The Morgan fingerprint density at radius 1 is 1.33 bits per heavy atom. The average Bonchev–Trinajstić information content (AvgIpc) is 3.00. The molecule has 0 unspecified atom stereocenters. The van der Waals surface area contributed by atoms with E-state index >= 15 is 0 Å². The van der Waals surface area contributed by atoms with Gasteiger partial charge >= 0.3 is 0 Å². The van der Waals surface area contributed by atoms with Gasteiger partial charge in [-0.2, -0.15) is 0 Å². The molecule has 0 bridgehead atoms. The highest BCUT2D eigenvalue weighted by Crippen LogP contribution is 2.22. The molecule has 0 saturated carbocycles. The van der Waals surface area contributed by atoms with Crippen LogP contribution in [-0.4, -0.2) is 20.7 Å². The highest BCUT2D eigenvalue weighted by molar-refractivity contribution is 5.80. The van der Waals surface area contributed by atoms with Gasteiger partial charge in [0.15, 0.2) is 5.82 Å². The summed E-state index contributed by atoms with van der Waals surface area (Å²) >= 11 is 0. The Morgan fingerprint density at radius 3 is 2.90 bits per heavy atom. The number of hydrogen-bond acceptors (Lipinski definition) is 3. The number of nitrogens with two attached hydrogens (primary N) is 1. The first-order valence-corrected chi connectivity index (χ1v) is 6.72. The molecule has 3 aromatic rings. The van der Waals surface area contributed by atoms with Crippen LogP contribution in [-0.2, 0) is 13.6 Å². The second kappa shape index (κ2) is 6.49. The van der Waals surface area contributed by atoms with E-state index in [4.69, 9.17) is 5.73 Å². The lowest BCUT2D eigenvalue weighted by Gasteiger charge is -2.02. The van der Waals surface area contributed by atoms with E-state index in [1.165, 1.54) is 0 Å². The number of hydrogen-bond donors (Lipinski definition) is 2.